The molecule has 21 heavy (non-hydrogen) atoms. The van der Waals surface area contributed by atoms with E-state index < -0.39 is 32.7 Å². The Morgan fingerprint density at radius 3 is 2.71 bits per heavy atom. The second kappa shape index (κ2) is 5.78. The molecule has 1 N–H and O–H groups in total. The van der Waals surface area contributed by atoms with E-state index in [1.165, 1.54) is 24.3 Å². The number of aliphatic carboxylic acids is 1. The quantitative estimate of drug-likeness (QED) is 0.639. The third-order valence-corrected chi connectivity index (χ3v) is 5.20. The number of hydrogen-bond donors (Lipinski definition) is 1. The number of sulfonamides is 1. The summed E-state index contributed by atoms with van der Waals surface area (Å²) in [6.45, 7) is 0.125. The molecule has 0 bridgehead atoms. The van der Waals surface area contributed by atoms with Crippen molar-refractivity contribution in [2.75, 3.05) is 6.54 Å². The Kier molecular flexibility index (Phi) is 4.24. The molecule has 0 saturated carbocycles. The molecule has 0 aliphatic carbocycles. The van der Waals surface area contributed by atoms with Gasteiger partial charge in [0, 0.05) is 18.2 Å². The second-order valence-electron chi connectivity index (χ2n) is 4.75. The summed E-state index contributed by atoms with van der Waals surface area (Å²) in [5, 5.41) is 19.9. The lowest BCUT2D eigenvalue weighted by atomic mass is 10.2. The van der Waals surface area contributed by atoms with Crippen LogP contribution in [0.25, 0.3) is 0 Å². The zero-order chi connectivity index (χ0) is 15.6. The molecule has 8 nitrogen and oxygen atoms in total. The summed E-state index contributed by atoms with van der Waals surface area (Å²) < 4.78 is 25.6. The lowest BCUT2D eigenvalue weighted by Gasteiger charge is -2.20. The molecule has 1 aliphatic rings. The highest BCUT2D eigenvalue weighted by Gasteiger charge is 2.39. The predicted molar refractivity (Wildman–Crippen MR) is 73.1 cm³/mol. The maximum Gasteiger partial charge on any atom is 0.322 e. The zero-order valence-electron chi connectivity index (χ0n) is 11.0. The third-order valence-electron chi connectivity index (χ3n) is 3.37. The number of hydrogen-bond acceptors (Lipinski definition) is 5. The fourth-order valence-corrected chi connectivity index (χ4v) is 4.20. The van der Waals surface area contributed by atoms with Crippen molar-refractivity contribution in [2.45, 2.75) is 24.6 Å². The van der Waals surface area contributed by atoms with Crippen LogP contribution in [0, 0.1) is 10.1 Å². The summed E-state index contributed by atoms with van der Waals surface area (Å²) in [6.07, 6.45) is 0.721. The third kappa shape index (κ3) is 3.19. The van der Waals surface area contributed by atoms with Gasteiger partial charge in [-0.2, -0.15) is 4.31 Å². The monoisotopic (exact) mass is 314 g/mol. The van der Waals surface area contributed by atoms with Gasteiger partial charge in [-0.05, 0) is 12.8 Å². The van der Waals surface area contributed by atoms with Crippen molar-refractivity contribution in [3.8, 4) is 0 Å². The van der Waals surface area contributed by atoms with Crippen LogP contribution in [0.2, 0.25) is 0 Å². The molecule has 1 atom stereocenters. The molecule has 1 aliphatic heterocycles. The largest absolute Gasteiger partial charge is 0.480 e. The van der Waals surface area contributed by atoms with E-state index in [2.05, 4.69) is 0 Å². The van der Waals surface area contributed by atoms with Crippen molar-refractivity contribution in [3.63, 3.8) is 0 Å². The minimum absolute atomic E-state index is 0.0542. The molecule has 1 fully saturated rings. The number of carbonyl (C=O) groups is 1. The lowest BCUT2D eigenvalue weighted by molar-refractivity contribution is -0.385. The van der Waals surface area contributed by atoms with Gasteiger partial charge in [0.1, 0.15) is 6.04 Å². The number of para-hydroxylation sites is 1. The number of benzene rings is 1. The number of nitro benzene ring substituents is 1. The van der Waals surface area contributed by atoms with Gasteiger partial charge in [-0.3, -0.25) is 14.9 Å². The molecule has 0 aromatic heterocycles. The van der Waals surface area contributed by atoms with Gasteiger partial charge in [0.25, 0.3) is 5.69 Å². The number of carboxylic acids is 1. The summed E-state index contributed by atoms with van der Waals surface area (Å²) >= 11 is 0. The number of nitrogens with zero attached hydrogens (tertiary/aromatic N) is 2. The van der Waals surface area contributed by atoms with Crippen LogP contribution in [-0.2, 0) is 20.6 Å². The summed E-state index contributed by atoms with van der Waals surface area (Å²) in [4.78, 5) is 21.3. The molecule has 9 heteroatoms. The van der Waals surface area contributed by atoms with E-state index in [0.717, 1.165) is 4.31 Å². The van der Waals surface area contributed by atoms with Crippen LogP contribution in [0.4, 0.5) is 5.69 Å². The molecule has 1 aromatic carbocycles. The molecular weight excluding hydrogens is 300 g/mol. The van der Waals surface area contributed by atoms with Crippen molar-refractivity contribution in [1.82, 2.24) is 4.31 Å². The molecular formula is C12H14N2O6S. The second-order valence-corrected chi connectivity index (χ2v) is 6.67. The summed E-state index contributed by atoms with van der Waals surface area (Å²) in [6, 6.07) is 4.46. The van der Waals surface area contributed by atoms with Crippen LogP contribution >= 0.6 is 0 Å². The lowest BCUT2D eigenvalue weighted by Crippen LogP contribution is -2.41. The number of rotatable bonds is 5. The van der Waals surface area contributed by atoms with E-state index in [1.807, 2.05) is 0 Å². The summed E-state index contributed by atoms with van der Waals surface area (Å²) in [5.74, 6) is -1.77. The molecule has 1 heterocycles. The average molecular weight is 314 g/mol. The highest BCUT2D eigenvalue weighted by Crippen LogP contribution is 2.26. The molecule has 2 rings (SSSR count). The Morgan fingerprint density at radius 2 is 2.10 bits per heavy atom. The first-order valence-electron chi connectivity index (χ1n) is 6.27. The van der Waals surface area contributed by atoms with Crippen molar-refractivity contribution in [1.29, 1.82) is 0 Å². The van der Waals surface area contributed by atoms with Gasteiger partial charge in [-0.25, -0.2) is 8.42 Å². The first-order chi connectivity index (χ1) is 9.83. The number of carboxylic acid groups (broad SMARTS) is 1. The maximum absolute atomic E-state index is 12.3. The first-order valence-corrected chi connectivity index (χ1v) is 7.88. The van der Waals surface area contributed by atoms with E-state index in [4.69, 9.17) is 5.11 Å². The number of nitro groups is 1. The van der Waals surface area contributed by atoms with Gasteiger partial charge in [0.2, 0.25) is 10.0 Å². The van der Waals surface area contributed by atoms with Gasteiger partial charge in [-0.15, -0.1) is 0 Å². The van der Waals surface area contributed by atoms with Crippen LogP contribution < -0.4 is 0 Å². The van der Waals surface area contributed by atoms with E-state index in [0.29, 0.717) is 6.42 Å². The van der Waals surface area contributed by atoms with Crippen molar-refractivity contribution >= 4 is 21.7 Å². The molecule has 1 unspecified atom stereocenters. The van der Waals surface area contributed by atoms with Crippen LogP contribution in [0.15, 0.2) is 24.3 Å². The standard InChI is InChI=1S/C12H14N2O6S/c15-12(16)11-6-3-7-13(11)21(19,20)8-9-4-1-2-5-10(9)14(17)18/h1-2,4-5,11H,3,6-8H2,(H,15,16). The highest BCUT2D eigenvalue weighted by atomic mass is 32.2. The van der Waals surface area contributed by atoms with Crippen molar-refractivity contribution in [2.24, 2.45) is 0 Å². The topological polar surface area (TPSA) is 118 Å². The van der Waals surface area contributed by atoms with Crippen LogP contribution in [0.5, 0.6) is 0 Å². The Bertz CT molecular complexity index is 672. The normalized spacial score (nSPS) is 19.5. The Hall–Kier alpha value is -2.00. The van der Waals surface area contributed by atoms with E-state index in [9.17, 15) is 23.3 Å². The van der Waals surface area contributed by atoms with Gasteiger partial charge in [0.05, 0.1) is 10.7 Å². The molecule has 0 radical (unpaired) electrons. The minimum atomic E-state index is -3.92. The predicted octanol–water partition coefficient (Wildman–Crippen LogP) is 0.974. The van der Waals surface area contributed by atoms with Crippen LogP contribution in [-0.4, -0.2) is 41.3 Å². The molecule has 0 spiro atoms. The Morgan fingerprint density at radius 1 is 1.43 bits per heavy atom. The van der Waals surface area contributed by atoms with Gasteiger partial charge in [0.15, 0.2) is 0 Å². The van der Waals surface area contributed by atoms with E-state index >= 15 is 0 Å². The van der Waals surface area contributed by atoms with Gasteiger partial charge < -0.3 is 5.11 Å². The molecule has 1 saturated heterocycles. The van der Waals surface area contributed by atoms with Crippen molar-refractivity contribution < 1.29 is 23.2 Å². The van der Waals surface area contributed by atoms with Crippen molar-refractivity contribution in [3.05, 3.63) is 39.9 Å². The fourth-order valence-electron chi connectivity index (χ4n) is 2.41. The van der Waals surface area contributed by atoms with E-state index in [1.54, 1.807) is 0 Å². The summed E-state index contributed by atoms with van der Waals surface area (Å²) in [7, 11) is -3.92. The SMILES string of the molecule is O=C(O)C1CCCN1S(=O)(=O)Cc1ccccc1[N+](=O)[O-]. The summed E-state index contributed by atoms with van der Waals surface area (Å²) in [5.41, 5.74) is -0.231. The minimum Gasteiger partial charge on any atom is -0.480 e. The van der Waals surface area contributed by atoms with Gasteiger partial charge in [-0.1, -0.05) is 18.2 Å². The smallest absolute Gasteiger partial charge is 0.322 e. The van der Waals surface area contributed by atoms with E-state index in [-0.39, 0.29) is 24.2 Å². The Labute approximate surface area is 121 Å². The maximum atomic E-state index is 12.3. The fraction of sp³-hybridized carbons (Fsp3) is 0.417. The van der Waals surface area contributed by atoms with Gasteiger partial charge >= 0.3 is 5.97 Å². The van der Waals surface area contributed by atoms with Crippen LogP contribution in [0.1, 0.15) is 18.4 Å². The highest BCUT2D eigenvalue weighted by molar-refractivity contribution is 7.88. The average Bonchev–Trinajstić information content (AvgIpc) is 2.88. The molecule has 114 valence electrons. The molecule has 0 amide bonds. The van der Waals surface area contributed by atoms with Crippen LogP contribution in [0.3, 0.4) is 0 Å². The molecule has 1 aromatic rings. The Balaban J connectivity index is 2.30. The zero-order valence-corrected chi connectivity index (χ0v) is 11.8. The first kappa shape index (κ1) is 15.4.